The van der Waals surface area contributed by atoms with E-state index in [1.165, 1.54) is 23.6 Å². The van der Waals surface area contributed by atoms with Gasteiger partial charge in [-0.3, -0.25) is 9.78 Å². The molecule has 4 rings (SSSR count). The normalized spacial score (nSPS) is 19.6. The lowest BCUT2D eigenvalue weighted by Gasteiger charge is -2.18. The molecule has 1 aliphatic heterocycles. The van der Waals surface area contributed by atoms with E-state index in [0.717, 1.165) is 23.2 Å². The van der Waals surface area contributed by atoms with Crippen molar-refractivity contribution in [2.45, 2.75) is 23.5 Å². The van der Waals surface area contributed by atoms with Crippen LogP contribution in [-0.2, 0) is 5.60 Å². The molecule has 28 heavy (non-hydrogen) atoms. The van der Waals surface area contributed by atoms with Crippen molar-refractivity contribution in [1.29, 1.82) is 0 Å². The summed E-state index contributed by atoms with van der Waals surface area (Å²) in [5, 5.41) is 14.7. The maximum Gasteiger partial charge on any atom is 0.280 e. The number of thioether (sulfide) groups is 1. The third-order valence-corrected chi connectivity index (χ3v) is 6.93. The molecule has 0 bridgehead atoms. The average molecular weight is 421 g/mol. The molecule has 146 valence electrons. The first kappa shape index (κ1) is 19.4. The van der Waals surface area contributed by atoms with Gasteiger partial charge in [-0.15, -0.1) is 11.3 Å². The summed E-state index contributed by atoms with van der Waals surface area (Å²) in [6, 6.07) is 8.23. The number of nitrogens with one attached hydrogen (secondary N) is 1. The van der Waals surface area contributed by atoms with E-state index in [1.54, 1.807) is 24.3 Å². The minimum absolute atomic E-state index is 0.0698. The molecular weight excluding hydrogens is 404 g/mol. The minimum Gasteiger partial charge on any atom is -0.383 e. The third kappa shape index (κ3) is 3.80. The molecule has 1 atom stereocenters. The highest BCUT2D eigenvalue weighted by Crippen LogP contribution is 2.34. The number of thiophene rings is 1. The first-order chi connectivity index (χ1) is 13.5. The van der Waals surface area contributed by atoms with Gasteiger partial charge in [-0.25, -0.2) is 13.8 Å². The molecule has 0 amide bonds. The van der Waals surface area contributed by atoms with Crippen molar-refractivity contribution >= 4 is 39.8 Å². The highest BCUT2D eigenvalue weighted by atomic mass is 32.2. The molecule has 1 saturated heterocycles. The molecule has 0 saturated carbocycles. The summed E-state index contributed by atoms with van der Waals surface area (Å²) >= 11 is 2.40. The molecular formula is C19H17F2N3O2S2. The molecule has 0 aromatic carbocycles. The highest BCUT2D eigenvalue weighted by Gasteiger charge is 2.34. The van der Waals surface area contributed by atoms with Crippen LogP contribution in [0.15, 0.2) is 41.6 Å². The predicted octanol–water partition coefficient (Wildman–Crippen LogP) is 3.78. The number of aliphatic hydroxyl groups is 1. The smallest absolute Gasteiger partial charge is 0.280 e. The van der Waals surface area contributed by atoms with E-state index in [0.29, 0.717) is 33.8 Å². The van der Waals surface area contributed by atoms with Gasteiger partial charge in [-0.1, -0.05) is 11.8 Å². The van der Waals surface area contributed by atoms with Crippen LogP contribution in [0, 0.1) is 0 Å². The zero-order chi connectivity index (χ0) is 19.7. The van der Waals surface area contributed by atoms with Crippen molar-refractivity contribution < 1.29 is 18.7 Å². The fourth-order valence-electron chi connectivity index (χ4n) is 3.12. The predicted molar refractivity (Wildman–Crippen MR) is 105 cm³/mol. The van der Waals surface area contributed by atoms with E-state index in [9.17, 15) is 18.7 Å². The number of carbonyl (C=O) groups is 1. The van der Waals surface area contributed by atoms with Gasteiger partial charge >= 0.3 is 0 Å². The lowest BCUT2D eigenvalue weighted by atomic mass is 10.0. The van der Waals surface area contributed by atoms with Crippen LogP contribution in [0.25, 0.3) is 10.9 Å². The molecule has 4 heterocycles. The van der Waals surface area contributed by atoms with Gasteiger partial charge in [-0.2, -0.15) is 0 Å². The van der Waals surface area contributed by atoms with E-state index in [2.05, 4.69) is 15.3 Å². The number of rotatable bonds is 6. The van der Waals surface area contributed by atoms with Gasteiger partial charge in [0.1, 0.15) is 16.3 Å². The Kier molecular flexibility index (Phi) is 5.42. The fraction of sp³-hybridized carbons (Fsp3) is 0.316. The van der Waals surface area contributed by atoms with Gasteiger partial charge in [0, 0.05) is 23.0 Å². The number of β-amino-alcohol motifs (C(OH)–C–C–N with tert-alkyl or cyclic N) is 1. The zero-order valence-electron chi connectivity index (χ0n) is 14.7. The Labute approximate surface area is 168 Å². The van der Waals surface area contributed by atoms with Crippen LogP contribution in [0.3, 0.4) is 0 Å². The van der Waals surface area contributed by atoms with Crippen LogP contribution in [0.1, 0.15) is 33.1 Å². The summed E-state index contributed by atoms with van der Waals surface area (Å²) in [5.74, 6) is -0.0579. The first-order valence-corrected chi connectivity index (χ1v) is 10.5. The van der Waals surface area contributed by atoms with Crippen molar-refractivity contribution in [3.05, 3.63) is 52.0 Å². The molecule has 1 unspecified atom stereocenters. The number of halogens is 2. The van der Waals surface area contributed by atoms with Gasteiger partial charge < -0.3 is 10.4 Å². The largest absolute Gasteiger partial charge is 0.383 e. The third-order valence-electron chi connectivity index (χ3n) is 4.62. The van der Waals surface area contributed by atoms with Gasteiger partial charge in [0.2, 0.25) is 0 Å². The Bertz CT molecular complexity index is 1020. The summed E-state index contributed by atoms with van der Waals surface area (Å²) in [6.45, 7) is 1.21. The number of aromatic nitrogens is 2. The van der Waals surface area contributed by atoms with Gasteiger partial charge in [0.05, 0.1) is 16.1 Å². The van der Waals surface area contributed by atoms with Crippen LogP contribution < -0.4 is 5.32 Å². The summed E-state index contributed by atoms with van der Waals surface area (Å²) in [6.07, 6.45) is -0.561. The number of Topliss-reactive ketones (excluding diaryl/α,β-unsaturated/α-hetero) is 1. The van der Waals surface area contributed by atoms with Crippen LogP contribution in [0.4, 0.5) is 8.78 Å². The van der Waals surface area contributed by atoms with Crippen molar-refractivity contribution in [3.8, 4) is 0 Å². The second kappa shape index (κ2) is 7.82. The van der Waals surface area contributed by atoms with Crippen LogP contribution in [0.5, 0.6) is 0 Å². The number of ketones is 1. The van der Waals surface area contributed by atoms with E-state index in [4.69, 9.17) is 0 Å². The Morgan fingerprint density at radius 1 is 1.39 bits per heavy atom. The van der Waals surface area contributed by atoms with Crippen LogP contribution in [0.2, 0.25) is 0 Å². The molecule has 3 aromatic heterocycles. The Morgan fingerprint density at radius 3 is 3.00 bits per heavy atom. The second-order valence-electron chi connectivity index (χ2n) is 6.56. The van der Waals surface area contributed by atoms with Crippen LogP contribution >= 0.6 is 23.1 Å². The van der Waals surface area contributed by atoms with Crippen molar-refractivity contribution in [1.82, 2.24) is 15.3 Å². The minimum atomic E-state index is -2.71. The van der Waals surface area contributed by atoms with E-state index in [-0.39, 0.29) is 17.2 Å². The molecule has 1 fully saturated rings. The first-order valence-electron chi connectivity index (χ1n) is 8.69. The van der Waals surface area contributed by atoms with E-state index < -0.39 is 12.0 Å². The Hall–Kier alpha value is -1.94. The molecule has 1 aliphatic rings. The fourth-order valence-corrected chi connectivity index (χ4v) is 5.19. The molecule has 5 nitrogen and oxygen atoms in total. The SMILES string of the molecule is O=C(CSc1nc(C(F)F)cc2ncccc12)c1ccc(C2(O)CCNC2)s1. The number of nitrogens with zero attached hydrogens (tertiary/aromatic N) is 2. The van der Waals surface area contributed by atoms with E-state index >= 15 is 0 Å². The molecule has 0 radical (unpaired) electrons. The summed E-state index contributed by atoms with van der Waals surface area (Å²) in [5.41, 5.74) is -0.849. The number of alkyl halides is 2. The molecule has 0 aliphatic carbocycles. The lowest BCUT2D eigenvalue weighted by molar-refractivity contribution is 0.0626. The zero-order valence-corrected chi connectivity index (χ0v) is 16.3. The van der Waals surface area contributed by atoms with Crippen molar-refractivity contribution in [2.75, 3.05) is 18.8 Å². The molecule has 3 aromatic rings. The van der Waals surface area contributed by atoms with Crippen molar-refractivity contribution in [2.24, 2.45) is 0 Å². The number of hydrogen-bond donors (Lipinski definition) is 2. The average Bonchev–Trinajstić information content (AvgIpc) is 3.36. The number of hydrogen-bond acceptors (Lipinski definition) is 7. The maximum atomic E-state index is 13.1. The summed E-state index contributed by atoms with van der Waals surface area (Å²) in [4.78, 5) is 22.0. The standard InChI is InChI=1S/C19H17F2N3O2S2/c20-17(21)13-8-12-11(2-1-6-23-12)18(24-13)27-9-14(25)15-3-4-16(28-15)19(26)5-7-22-10-19/h1-4,6,8,17,22,26H,5,7,9-10H2. The summed E-state index contributed by atoms with van der Waals surface area (Å²) < 4.78 is 26.3. The second-order valence-corrected chi connectivity index (χ2v) is 8.60. The number of pyridine rings is 2. The van der Waals surface area contributed by atoms with E-state index in [1.807, 2.05) is 0 Å². The molecule has 2 N–H and O–H groups in total. The van der Waals surface area contributed by atoms with Crippen molar-refractivity contribution in [3.63, 3.8) is 0 Å². The highest BCUT2D eigenvalue weighted by molar-refractivity contribution is 8.00. The summed E-state index contributed by atoms with van der Waals surface area (Å²) in [7, 11) is 0. The Balaban J connectivity index is 1.53. The maximum absolute atomic E-state index is 13.1. The lowest BCUT2D eigenvalue weighted by Crippen LogP contribution is -2.26. The topological polar surface area (TPSA) is 75.1 Å². The van der Waals surface area contributed by atoms with Gasteiger partial charge in [0.25, 0.3) is 6.43 Å². The number of fused-ring (bicyclic) bond motifs is 1. The number of carbonyl (C=O) groups excluding carboxylic acids is 1. The monoisotopic (exact) mass is 421 g/mol. The van der Waals surface area contributed by atoms with Crippen LogP contribution in [-0.4, -0.2) is 39.7 Å². The molecule has 9 heteroatoms. The Morgan fingerprint density at radius 2 is 2.25 bits per heavy atom. The molecule has 0 spiro atoms. The van der Waals surface area contributed by atoms with Gasteiger partial charge in [-0.05, 0) is 43.3 Å². The van der Waals surface area contributed by atoms with Gasteiger partial charge in [0.15, 0.2) is 5.78 Å². The quantitative estimate of drug-likeness (QED) is 0.466.